The number of hydrogen-bond donors (Lipinski definition) is 5. The Morgan fingerprint density at radius 1 is 0.854 bits per heavy atom. The normalized spacial score (nSPS) is 23.6. The Labute approximate surface area is 489 Å². The fourth-order valence-corrected chi connectivity index (χ4v) is 14.5. The van der Waals surface area contributed by atoms with Gasteiger partial charge in [0.2, 0.25) is 12.3 Å². The number of aromatic hydroxyl groups is 1. The number of aryl methyl sites for hydroxylation is 1. The van der Waals surface area contributed by atoms with Gasteiger partial charge in [-0.2, -0.15) is 0 Å². The van der Waals surface area contributed by atoms with Gasteiger partial charge in [-0.3, -0.25) is 14.5 Å². The average Bonchev–Trinajstić information content (AvgIpc) is 4.45. The smallest absolute Gasteiger partial charge is 0.233 e. The molecule has 3 aromatic heterocycles. The van der Waals surface area contributed by atoms with Crippen molar-refractivity contribution in [2.75, 3.05) is 87.5 Å². The number of hydrogen-bond acceptors (Lipinski definition) is 17. The molecule has 12 rings (SSSR count). The van der Waals surface area contributed by atoms with Crippen molar-refractivity contribution in [1.82, 2.24) is 45.3 Å². The number of nitrogen functional groups attached to an aromatic ring is 1. The molecule has 2 amide bonds. The van der Waals surface area contributed by atoms with E-state index in [1.54, 1.807) is 23.5 Å². The number of thiazole rings is 1. The molecule has 1 saturated carbocycles. The van der Waals surface area contributed by atoms with E-state index in [1.807, 2.05) is 60.7 Å². The topological polar surface area (TPSA) is 217 Å². The lowest BCUT2D eigenvalue weighted by Crippen LogP contribution is -2.60. The third-order valence-corrected chi connectivity index (χ3v) is 20.1. The monoisotopic (exact) mass is 1140 g/mol. The molecule has 7 aliphatic rings. The number of fused-ring (bicyclic) bond motifs is 2. The SMILES string of the molecule is CC(C)C(C(=O)N1CCCC1C)c1cc(N2CCC(CN3CCC(O)CC3)CC2)no1.Cc1ncsc1-c1ccc(C(C)NC=O)cc1.Nc1nnc(-c2ccccc2O)cc1N1CC2CCC(C1)N2CC1(O)CCN(C2CCC2)CC1. The average molecular weight is 1140 g/mol. The molecule has 5 atom stereocenters. The van der Waals surface area contributed by atoms with E-state index >= 15 is 0 Å². The Morgan fingerprint density at radius 3 is 2.17 bits per heavy atom. The summed E-state index contributed by atoms with van der Waals surface area (Å²) in [6.07, 6.45) is 15.0. The van der Waals surface area contributed by atoms with Crippen LogP contribution in [0.2, 0.25) is 0 Å². The zero-order valence-corrected chi connectivity index (χ0v) is 49.9. The van der Waals surface area contributed by atoms with Crippen LogP contribution in [-0.4, -0.2) is 175 Å². The summed E-state index contributed by atoms with van der Waals surface area (Å²) in [6, 6.07) is 21.3. The third-order valence-electron chi connectivity index (χ3n) is 19.1. The van der Waals surface area contributed by atoms with Crippen molar-refractivity contribution in [3.05, 3.63) is 83.2 Å². The van der Waals surface area contributed by atoms with Crippen molar-refractivity contribution in [2.24, 2.45) is 11.8 Å². The van der Waals surface area contributed by atoms with Crippen molar-refractivity contribution in [3.63, 3.8) is 0 Å². The number of aliphatic hydroxyl groups is 2. The summed E-state index contributed by atoms with van der Waals surface area (Å²) < 4.78 is 5.74. The highest BCUT2D eigenvalue weighted by Gasteiger charge is 2.46. The van der Waals surface area contributed by atoms with Crippen molar-refractivity contribution < 1.29 is 29.4 Å². The molecular weight excluding hydrogens is 1050 g/mol. The van der Waals surface area contributed by atoms with Crippen LogP contribution in [0.4, 0.5) is 17.3 Å². The zero-order valence-electron chi connectivity index (χ0n) is 49.1. The number of piperidine rings is 3. The summed E-state index contributed by atoms with van der Waals surface area (Å²) in [4.78, 5) is 43.4. The highest BCUT2D eigenvalue weighted by molar-refractivity contribution is 7.13. The van der Waals surface area contributed by atoms with Gasteiger partial charge in [-0.15, -0.1) is 21.5 Å². The number of carbonyl (C=O) groups is 2. The summed E-state index contributed by atoms with van der Waals surface area (Å²) in [5, 5.41) is 47.0. The fourth-order valence-electron chi connectivity index (χ4n) is 13.7. The molecule has 2 aromatic carbocycles. The second kappa shape index (κ2) is 26.9. The predicted octanol–water partition coefficient (Wildman–Crippen LogP) is 8.49. The van der Waals surface area contributed by atoms with Crippen LogP contribution < -0.4 is 20.9 Å². The molecular formula is C63H90N12O6S. The van der Waals surface area contributed by atoms with E-state index in [4.69, 9.17) is 10.3 Å². The van der Waals surface area contributed by atoms with Gasteiger partial charge in [0.25, 0.3) is 0 Å². The van der Waals surface area contributed by atoms with Gasteiger partial charge < -0.3 is 55.4 Å². The van der Waals surface area contributed by atoms with Gasteiger partial charge in [-0.1, -0.05) is 61.8 Å². The molecule has 1 aliphatic carbocycles. The van der Waals surface area contributed by atoms with Gasteiger partial charge in [0.15, 0.2) is 17.4 Å². The number of phenols is 1. The molecule has 0 spiro atoms. The van der Waals surface area contributed by atoms with Crippen LogP contribution in [0, 0.1) is 18.8 Å². The maximum atomic E-state index is 13.2. The second-order valence-corrected chi connectivity index (χ2v) is 25.9. The number of nitrogens with two attached hydrogens (primary N) is 1. The van der Waals surface area contributed by atoms with E-state index in [2.05, 4.69) is 83.1 Å². The molecule has 5 aromatic rings. The number of aliphatic hydroxyl groups excluding tert-OH is 1. The van der Waals surface area contributed by atoms with Crippen molar-refractivity contribution in [2.45, 2.75) is 166 Å². The Kier molecular flexibility index (Phi) is 19.5. The van der Waals surface area contributed by atoms with Crippen LogP contribution in [0.3, 0.4) is 0 Å². The lowest BCUT2D eigenvalue weighted by Gasteiger charge is -2.49. The van der Waals surface area contributed by atoms with Crippen LogP contribution in [0.25, 0.3) is 21.7 Å². The van der Waals surface area contributed by atoms with Gasteiger partial charge in [-0.25, -0.2) is 4.98 Å². The highest BCUT2D eigenvalue weighted by atomic mass is 32.1. The maximum Gasteiger partial charge on any atom is 0.233 e. The second-order valence-electron chi connectivity index (χ2n) is 25.0. The number of aromatic nitrogens is 4. The minimum Gasteiger partial charge on any atom is -0.507 e. The summed E-state index contributed by atoms with van der Waals surface area (Å²) >= 11 is 1.64. The molecule has 6 aliphatic heterocycles. The zero-order chi connectivity index (χ0) is 57.5. The largest absolute Gasteiger partial charge is 0.507 e. The number of carbonyl (C=O) groups excluding carboxylic acids is 2. The Bertz CT molecular complexity index is 2840. The van der Waals surface area contributed by atoms with E-state index in [0.717, 1.165) is 171 Å². The molecule has 82 heavy (non-hydrogen) atoms. The molecule has 7 fully saturated rings. The number of anilines is 3. The van der Waals surface area contributed by atoms with Crippen molar-refractivity contribution in [3.8, 4) is 27.4 Å². The summed E-state index contributed by atoms with van der Waals surface area (Å²) in [6.45, 7) is 20.9. The van der Waals surface area contributed by atoms with Gasteiger partial charge >= 0.3 is 0 Å². The van der Waals surface area contributed by atoms with E-state index < -0.39 is 5.60 Å². The summed E-state index contributed by atoms with van der Waals surface area (Å²) in [7, 11) is 0. The maximum absolute atomic E-state index is 13.2. The van der Waals surface area contributed by atoms with Gasteiger partial charge in [-0.05, 0) is 139 Å². The van der Waals surface area contributed by atoms with Gasteiger partial charge in [0.1, 0.15) is 11.7 Å². The van der Waals surface area contributed by atoms with Crippen molar-refractivity contribution in [1.29, 1.82) is 0 Å². The number of nitrogens with zero attached hydrogens (tertiary/aromatic N) is 10. The molecule has 6 N–H and O–H groups in total. The Hall–Kier alpha value is -5.70. The van der Waals surface area contributed by atoms with Crippen LogP contribution in [0.5, 0.6) is 5.75 Å². The number of rotatable bonds is 15. The Morgan fingerprint density at radius 2 is 1.56 bits per heavy atom. The van der Waals surface area contributed by atoms with Gasteiger partial charge in [0.05, 0.1) is 45.2 Å². The van der Waals surface area contributed by atoms with Crippen LogP contribution in [-0.2, 0) is 9.59 Å². The quantitative estimate of drug-likeness (QED) is 0.0621. The first-order valence-corrected chi connectivity index (χ1v) is 31.5. The summed E-state index contributed by atoms with van der Waals surface area (Å²) in [5.41, 5.74) is 13.1. The van der Waals surface area contributed by atoms with E-state index in [1.165, 1.54) is 29.7 Å². The molecule has 0 radical (unpaired) electrons. The first-order chi connectivity index (χ1) is 39.6. The minimum absolute atomic E-state index is 0.0455. The third kappa shape index (κ3) is 14.1. The number of para-hydroxylation sites is 1. The van der Waals surface area contributed by atoms with E-state index in [9.17, 15) is 24.9 Å². The predicted molar refractivity (Wildman–Crippen MR) is 324 cm³/mol. The number of nitrogens with one attached hydrogen (secondary N) is 1. The molecule has 2 bridgehead atoms. The standard InChI is InChI=1S/C26H36N6O2.C24H40N4O3.C13H14N2OS/c27-25-23(14-22(28-29-25)21-6-1-2-7-24(21)33)31-15-19-8-9-20(16-31)32(19)17-26(34)10-12-30(13-11-26)18-4-3-5-18;1-17(2)23(24(30)28-10-4-5-18(28)3)21-15-22(25-31-21)27-13-6-19(7-14-27)16-26-11-8-20(29)9-12-26;1-9(14-7-16)11-3-5-12(6-4-11)13-10(2)15-8-17-13/h1-2,6-7,14,18-20,33-34H,3-5,8-13,15-17H2,(H2,27,29);15,17-20,23,29H,4-14,16H2,1-3H3;3-9H,1-2H3,(H,14,16). The highest BCUT2D eigenvalue weighted by Crippen LogP contribution is 2.40. The van der Waals surface area contributed by atoms with E-state index in [0.29, 0.717) is 46.9 Å². The number of benzene rings is 2. The lowest BCUT2D eigenvalue weighted by atomic mass is 9.85. The number of piperazine rings is 1. The van der Waals surface area contributed by atoms with Crippen LogP contribution >= 0.6 is 11.3 Å². The first kappa shape index (κ1) is 59.5. The van der Waals surface area contributed by atoms with E-state index in [-0.39, 0.29) is 35.6 Å². The summed E-state index contributed by atoms with van der Waals surface area (Å²) in [5.74, 6) is 3.02. The molecule has 444 valence electrons. The van der Waals surface area contributed by atoms with Crippen LogP contribution in [0.1, 0.15) is 140 Å². The Balaban J connectivity index is 0.000000145. The molecule has 18 nitrogen and oxygen atoms in total. The number of likely N-dealkylation sites (tertiary alicyclic amines) is 3. The molecule has 9 heterocycles. The molecule has 19 heteroatoms. The first-order valence-electron chi connectivity index (χ1n) is 30.6. The minimum atomic E-state index is -0.571. The van der Waals surface area contributed by atoms with Crippen molar-refractivity contribution >= 4 is 41.0 Å². The van der Waals surface area contributed by atoms with Gasteiger partial charge in [0, 0.05) is 108 Å². The molecule has 6 saturated heterocycles. The lowest BCUT2D eigenvalue weighted by molar-refractivity contribution is -0.135. The van der Waals surface area contributed by atoms with Crippen LogP contribution in [0.15, 0.2) is 70.7 Å². The fraction of sp³-hybridized carbons (Fsp3) is 0.619. The number of phenolic OH excluding ortho intramolecular Hbond substituents is 1. The molecule has 5 unspecified atom stereocenters. The number of amides is 2.